The first-order valence-electron chi connectivity index (χ1n) is 7.74. The van der Waals surface area contributed by atoms with Crippen LogP contribution in [0.3, 0.4) is 0 Å². The molecule has 0 fully saturated rings. The summed E-state index contributed by atoms with van der Waals surface area (Å²) in [5.74, 6) is 1.71. The first-order chi connectivity index (χ1) is 11.7. The van der Waals surface area contributed by atoms with E-state index in [1.165, 1.54) is 5.56 Å². The minimum atomic E-state index is 0.835. The van der Waals surface area contributed by atoms with Crippen molar-refractivity contribution < 1.29 is 0 Å². The third-order valence-corrected chi connectivity index (χ3v) is 5.05. The normalized spacial score (nSPS) is 11.2. The third-order valence-electron chi connectivity index (χ3n) is 3.96. The Labute approximate surface area is 144 Å². The van der Waals surface area contributed by atoms with Crippen LogP contribution in [0.15, 0.2) is 59.9 Å². The molecule has 0 aliphatic carbocycles. The fraction of sp³-hybridized carbons (Fsp3) is 0.167. The summed E-state index contributed by atoms with van der Waals surface area (Å²) in [6, 6.07) is 16.4. The van der Waals surface area contributed by atoms with Crippen molar-refractivity contribution in [2.75, 3.05) is 0 Å². The highest BCUT2D eigenvalue weighted by molar-refractivity contribution is 7.98. The van der Waals surface area contributed by atoms with Crippen molar-refractivity contribution in [1.82, 2.24) is 24.1 Å². The number of benzene rings is 1. The summed E-state index contributed by atoms with van der Waals surface area (Å²) in [4.78, 5) is 4.61. The Hall–Kier alpha value is -2.60. The summed E-state index contributed by atoms with van der Waals surface area (Å²) >= 11 is 1.69. The molecule has 3 heterocycles. The van der Waals surface area contributed by atoms with Gasteiger partial charge in [-0.05, 0) is 24.6 Å². The molecular formula is C18H17N5S. The van der Waals surface area contributed by atoms with Gasteiger partial charge in [0.1, 0.15) is 11.3 Å². The largest absolute Gasteiger partial charge is 0.304 e. The third kappa shape index (κ3) is 2.59. The fourth-order valence-electron chi connectivity index (χ4n) is 2.75. The SMILES string of the molecule is Cc1nc2ccccn2c1-c1nnc(SCc2ccccc2)n1C. The Bertz CT molecular complexity index is 987. The van der Waals surface area contributed by atoms with Crippen LogP contribution >= 0.6 is 11.8 Å². The second kappa shape index (κ2) is 6.13. The number of fused-ring (bicyclic) bond motifs is 1. The Morgan fingerprint density at radius 2 is 1.79 bits per heavy atom. The van der Waals surface area contributed by atoms with E-state index in [1.807, 2.05) is 49.0 Å². The molecule has 1 aromatic carbocycles. The van der Waals surface area contributed by atoms with Crippen molar-refractivity contribution in [1.29, 1.82) is 0 Å². The van der Waals surface area contributed by atoms with Crippen LogP contribution < -0.4 is 0 Å². The van der Waals surface area contributed by atoms with E-state index in [-0.39, 0.29) is 0 Å². The van der Waals surface area contributed by atoms with E-state index in [4.69, 9.17) is 0 Å². The average Bonchev–Trinajstić information content (AvgIpc) is 3.13. The lowest BCUT2D eigenvalue weighted by Crippen LogP contribution is -1.98. The molecule has 4 rings (SSSR count). The van der Waals surface area contributed by atoms with Crippen LogP contribution in [-0.2, 0) is 12.8 Å². The number of hydrogen-bond donors (Lipinski definition) is 0. The van der Waals surface area contributed by atoms with E-state index in [0.717, 1.165) is 33.8 Å². The zero-order chi connectivity index (χ0) is 16.5. The van der Waals surface area contributed by atoms with E-state index in [1.54, 1.807) is 11.8 Å². The van der Waals surface area contributed by atoms with Crippen LogP contribution in [-0.4, -0.2) is 24.1 Å². The number of thioether (sulfide) groups is 1. The number of imidazole rings is 1. The van der Waals surface area contributed by atoms with Gasteiger partial charge in [0.25, 0.3) is 0 Å². The molecule has 4 aromatic rings. The predicted octanol–water partition coefficient (Wildman–Crippen LogP) is 3.73. The minimum absolute atomic E-state index is 0.835. The molecule has 0 saturated carbocycles. The molecule has 0 radical (unpaired) electrons. The van der Waals surface area contributed by atoms with Gasteiger partial charge in [-0.15, -0.1) is 10.2 Å². The Balaban J connectivity index is 1.68. The van der Waals surface area contributed by atoms with E-state index >= 15 is 0 Å². The van der Waals surface area contributed by atoms with Crippen LogP contribution in [0.5, 0.6) is 0 Å². The van der Waals surface area contributed by atoms with Crippen LogP contribution in [0.25, 0.3) is 17.2 Å². The molecule has 6 heteroatoms. The highest BCUT2D eigenvalue weighted by Crippen LogP contribution is 2.27. The summed E-state index contributed by atoms with van der Waals surface area (Å²) in [6.45, 7) is 2.01. The smallest absolute Gasteiger partial charge is 0.191 e. The molecule has 0 N–H and O–H groups in total. The van der Waals surface area contributed by atoms with Gasteiger partial charge in [0.05, 0.1) is 5.69 Å². The fourth-order valence-corrected chi connectivity index (χ4v) is 3.62. The van der Waals surface area contributed by atoms with Crippen molar-refractivity contribution in [3.63, 3.8) is 0 Å². The second-order valence-corrected chi connectivity index (χ2v) is 6.56. The molecule has 0 amide bonds. The highest BCUT2D eigenvalue weighted by Gasteiger charge is 2.18. The summed E-state index contributed by atoms with van der Waals surface area (Å²) < 4.78 is 4.10. The number of aromatic nitrogens is 5. The number of aryl methyl sites for hydroxylation is 1. The maximum atomic E-state index is 4.61. The molecule has 0 unspecified atom stereocenters. The first kappa shape index (κ1) is 15.0. The molecule has 24 heavy (non-hydrogen) atoms. The van der Waals surface area contributed by atoms with Crippen LogP contribution in [0.2, 0.25) is 0 Å². The van der Waals surface area contributed by atoms with Gasteiger partial charge in [-0.1, -0.05) is 48.2 Å². The quantitative estimate of drug-likeness (QED) is 0.533. The molecule has 5 nitrogen and oxygen atoms in total. The molecule has 3 aromatic heterocycles. The maximum absolute atomic E-state index is 4.61. The Morgan fingerprint density at radius 3 is 2.62 bits per heavy atom. The van der Waals surface area contributed by atoms with Gasteiger partial charge in [0.15, 0.2) is 11.0 Å². The second-order valence-electron chi connectivity index (χ2n) is 5.61. The van der Waals surface area contributed by atoms with E-state index < -0.39 is 0 Å². The summed E-state index contributed by atoms with van der Waals surface area (Å²) in [6.07, 6.45) is 2.01. The molecule has 0 spiro atoms. The lowest BCUT2D eigenvalue weighted by molar-refractivity contribution is 0.791. The van der Waals surface area contributed by atoms with Gasteiger partial charge >= 0.3 is 0 Å². The average molecular weight is 335 g/mol. The molecule has 0 aliphatic heterocycles. The topological polar surface area (TPSA) is 48.0 Å². The van der Waals surface area contributed by atoms with Crippen molar-refractivity contribution in [3.05, 3.63) is 66.0 Å². The van der Waals surface area contributed by atoms with Crippen molar-refractivity contribution >= 4 is 17.4 Å². The van der Waals surface area contributed by atoms with Gasteiger partial charge < -0.3 is 4.57 Å². The van der Waals surface area contributed by atoms with Gasteiger partial charge in [0.2, 0.25) is 0 Å². The lowest BCUT2D eigenvalue weighted by atomic mass is 10.2. The molecule has 0 atom stereocenters. The zero-order valence-electron chi connectivity index (χ0n) is 13.5. The summed E-state index contributed by atoms with van der Waals surface area (Å²) in [5, 5.41) is 9.68. The minimum Gasteiger partial charge on any atom is -0.304 e. The van der Waals surface area contributed by atoms with Crippen molar-refractivity contribution in [2.24, 2.45) is 7.05 Å². The van der Waals surface area contributed by atoms with E-state index in [9.17, 15) is 0 Å². The maximum Gasteiger partial charge on any atom is 0.191 e. The van der Waals surface area contributed by atoms with E-state index in [0.29, 0.717) is 0 Å². The van der Waals surface area contributed by atoms with Gasteiger partial charge in [-0.25, -0.2) is 4.98 Å². The molecular weight excluding hydrogens is 318 g/mol. The summed E-state index contributed by atoms with van der Waals surface area (Å²) in [7, 11) is 2.00. The molecule has 0 saturated heterocycles. The Morgan fingerprint density at radius 1 is 1.00 bits per heavy atom. The number of nitrogens with zero attached hydrogens (tertiary/aromatic N) is 5. The highest BCUT2D eigenvalue weighted by atomic mass is 32.2. The predicted molar refractivity (Wildman–Crippen MR) is 95.9 cm³/mol. The molecule has 0 aliphatic rings. The first-order valence-corrected chi connectivity index (χ1v) is 8.73. The molecule has 0 bridgehead atoms. The van der Waals surface area contributed by atoms with Gasteiger partial charge in [-0.3, -0.25) is 4.40 Å². The van der Waals surface area contributed by atoms with Crippen LogP contribution in [0.1, 0.15) is 11.3 Å². The zero-order valence-corrected chi connectivity index (χ0v) is 14.4. The number of hydrogen-bond acceptors (Lipinski definition) is 4. The summed E-state index contributed by atoms with van der Waals surface area (Å²) in [5.41, 5.74) is 4.15. The standard InChI is InChI=1S/C18H17N5S/c1-13-16(23-11-7-6-10-15(23)19-13)17-20-21-18(22(17)2)24-12-14-8-4-3-5-9-14/h3-11H,12H2,1-2H3. The van der Waals surface area contributed by atoms with Crippen LogP contribution in [0.4, 0.5) is 0 Å². The van der Waals surface area contributed by atoms with Crippen LogP contribution in [0, 0.1) is 6.92 Å². The Kier molecular flexibility index (Phi) is 3.82. The van der Waals surface area contributed by atoms with Gasteiger partial charge in [0, 0.05) is 19.0 Å². The lowest BCUT2D eigenvalue weighted by Gasteiger charge is -2.05. The van der Waals surface area contributed by atoms with Crippen molar-refractivity contribution in [2.45, 2.75) is 17.8 Å². The van der Waals surface area contributed by atoms with E-state index in [2.05, 4.69) is 43.8 Å². The van der Waals surface area contributed by atoms with Gasteiger partial charge in [-0.2, -0.15) is 0 Å². The monoisotopic (exact) mass is 335 g/mol. The number of pyridine rings is 1. The molecule has 120 valence electrons. The number of rotatable bonds is 4. The van der Waals surface area contributed by atoms with Crippen molar-refractivity contribution in [3.8, 4) is 11.5 Å².